The highest BCUT2D eigenvalue weighted by atomic mass is 32.1. The van der Waals surface area contributed by atoms with Crippen molar-refractivity contribution in [1.29, 1.82) is 0 Å². The summed E-state index contributed by atoms with van der Waals surface area (Å²) in [6.45, 7) is 1.84. The lowest BCUT2D eigenvalue weighted by Gasteiger charge is -2.21. The number of hydrogen-bond donors (Lipinski definition) is 1. The molecule has 11 heteroatoms. The molecule has 0 radical (unpaired) electrons. The molecule has 0 spiro atoms. The Morgan fingerprint density at radius 2 is 1.97 bits per heavy atom. The van der Waals surface area contributed by atoms with E-state index in [9.17, 15) is 19.7 Å². The first-order chi connectivity index (χ1) is 15.5. The number of nitrogens with zero attached hydrogens (tertiary/aromatic N) is 3. The van der Waals surface area contributed by atoms with Crippen molar-refractivity contribution in [3.8, 4) is 0 Å². The summed E-state index contributed by atoms with van der Waals surface area (Å²) in [7, 11) is 0. The third-order valence-electron chi connectivity index (χ3n) is 4.20. The summed E-state index contributed by atoms with van der Waals surface area (Å²) < 4.78 is 10.2. The second-order valence-corrected chi connectivity index (χ2v) is 7.34. The van der Waals surface area contributed by atoms with Gasteiger partial charge in [-0.3, -0.25) is 20.3 Å². The minimum absolute atomic E-state index is 0.0403. The van der Waals surface area contributed by atoms with Crippen LogP contribution in [0.1, 0.15) is 17.5 Å². The van der Waals surface area contributed by atoms with Gasteiger partial charge in [-0.25, -0.2) is 14.6 Å². The number of ether oxygens (including phenoxy) is 2. The zero-order valence-electron chi connectivity index (χ0n) is 17.1. The number of aromatic nitrogens is 1. The van der Waals surface area contributed by atoms with Gasteiger partial charge in [0.1, 0.15) is 17.3 Å². The molecule has 0 atom stereocenters. The van der Waals surface area contributed by atoms with Crippen LogP contribution >= 0.6 is 11.3 Å². The van der Waals surface area contributed by atoms with Crippen molar-refractivity contribution >= 4 is 40.6 Å². The molecule has 3 aromatic rings. The molecule has 0 aliphatic rings. The largest absolute Gasteiger partial charge is 0.450 e. The van der Waals surface area contributed by atoms with Crippen molar-refractivity contribution in [3.05, 3.63) is 80.8 Å². The van der Waals surface area contributed by atoms with E-state index >= 15 is 0 Å². The third-order valence-corrected chi connectivity index (χ3v) is 4.97. The standard InChI is InChI=1S/C21H20N4O6S/c1-2-30-20(26)23-17-9-8-16(12-18(17)25(28)29)24(13-19-22-10-11-32-19)21(27)31-14-15-6-4-3-5-7-15/h3-12H,2,13-14H2,1H3,(H,23,26). The third kappa shape index (κ3) is 6.01. The van der Waals surface area contributed by atoms with Crippen molar-refractivity contribution in [3.63, 3.8) is 0 Å². The van der Waals surface area contributed by atoms with Crippen LogP contribution in [0.25, 0.3) is 0 Å². The van der Waals surface area contributed by atoms with Crippen molar-refractivity contribution in [1.82, 2.24) is 4.98 Å². The number of carbonyl (C=O) groups excluding carboxylic acids is 2. The minimum atomic E-state index is -0.815. The van der Waals surface area contributed by atoms with Gasteiger partial charge in [-0.05, 0) is 24.6 Å². The molecule has 0 fully saturated rings. The van der Waals surface area contributed by atoms with Crippen LogP contribution in [0, 0.1) is 10.1 Å². The maximum atomic E-state index is 12.9. The Morgan fingerprint density at radius 1 is 1.19 bits per heavy atom. The van der Waals surface area contributed by atoms with Crippen LogP contribution in [0.15, 0.2) is 60.1 Å². The van der Waals surface area contributed by atoms with Gasteiger partial charge < -0.3 is 9.47 Å². The Hall–Kier alpha value is -3.99. The second-order valence-electron chi connectivity index (χ2n) is 6.36. The number of nitro groups is 1. The molecule has 0 unspecified atom stereocenters. The normalized spacial score (nSPS) is 10.3. The molecule has 0 aliphatic heterocycles. The fraction of sp³-hybridized carbons (Fsp3) is 0.190. The molecule has 2 amide bonds. The summed E-state index contributed by atoms with van der Waals surface area (Å²) in [5, 5.41) is 16.3. The molecule has 0 saturated carbocycles. The predicted octanol–water partition coefficient (Wildman–Crippen LogP) is 4.96. The number of carbonyl (C=O) groups is 2. The van der Waals surface area contributed by atoms with Crippen LogP contribution < -0.4 is 10.2 Å². The molecular formula is C21H20N4O6S. The van der Waals surface area contributed by atoms with Crippen LogP contribution in [0.2, 0.25) is 0 Å². The van der Waals surface area contributed by atoms with Crippen LogP contribution in [-0.2, 0) is 22.6 Å². The maximum Gasteiger partial charge on any atom is 0.415 e. The van der Waals surface area contributed by atoms with Gasteiger partial charge in [-0.1, -0.05) is 30.3 Å². The lowest BCUT2D eigenvalue weighted by Crippen LogP contribution is -2.31. The SMILES string of the molecule is CCOC(=O)Nc1ccc(N(Cc2nccs2)C(=O)OCc2ccccc2)cc1[N+](=O)[O-]. The molecule has 1 heterocycles. The van der Waals surface area contributed by atoms with Gasteiger partial charge in [0, 0.05) is 17.6 Å². The van der Waals surface area contributed by atoms with E-state index in [0.29, 0.717) is 5.01 Å². The predicted molar refractivity (Wildman–Crippen MR) is 119 cm³/mol. The zero-order chi connectivity index (χ0) is 22.9. The van der Waals surface area contributed by atoms with E-state index in [1.165, 1.54) is 34.4 Å². The number of rotatable bonds is 8. The topological polar surface area (TPSA) is 124 Å². The summed E-state index contributed by atoms with van der Waals surface area (Å²) in [5.41, 5.74) is 0.578. The number of amides is 2. The van der Waals surface area contributed by atoms with Gasteiger partial charge in [0.15, 0.2) is 0 Å². The maximum absolute atomic E-state index is 12.9. The molecule has 1 aromatic heterocycles. The van der Waals surface area contributed by atoms with Gasteiger partial charge in [-0.2, -0.15) is 0 Å². The molecule has 3 rings (SSSR count). The van der Waals surface area contributed by atoms with E-state index in [1.54, 1.807) is 18.5 Å². The number of nitrogens with one attached hydrogen (secondary N) is 1. The smallest absolute Gasteiger partial charge is 0.415 e. The number of hydrogen-bond acceptors (Lipinski definition) is 8. The highest BCUT2D eigenvalue weighted by Gasteiger charge is 2.24. The molecule has 0 aliphatic carbocycles. The Balaban J connectivity index is 1.87. The second kappa shape index (κ2) is 10.9. The zero-order valence-corrected chi connectivity index (χ0v) is 17.9. The van der Waals surface area contributed by atoms with Crippen molar-refractivity contribution < 1.29 is 24.0 Å². The first kappa shape index (κ1) is 22.7. The van der Waals surface area contributed by atoms with Crippen molar-refractivity contribution in [2.45, 2.75) is 20.1 Å². The van der Waals surface area contributed by atoms with E-state index in [4.69, 9.17) is 9.47 Å². The summed E-state index contributed by atoms with van der Waals surface area (Å²) in [4.78, 5) is 41.0. The van der Waals surface area contributed by atoms with Crippen LogP contribution in [0.3, 0.4) is 0 Å². The number of anilines is 2. The first-order valence-corrected chi connectivity index (χ1v) is 10.4. The van der Waals surface area contributed by atoms with E-state index in [-0.39, 0.29) is 31.1 Å². The molecule has 0 bridgehead atoms. The van der Waals surface area contributed by atoms with Gasteiger partial charge in [0.2, 0.25) is 0 Å². The summed E-state index contributed by atoms with van der Waals surface area (Å²) >= 11 is 1.34. The van der Waals surface area contributed by atoms with Gasteiger partial charge >= 0.3 is 12.2 Å². The summed E-state index contributed by atoms with van der Waals surface area (Å²) in [6.07, 6.45) is 0.0946. The Labute approximate surface area is 187 Å². The number of benzene rings is 2. The van der Waals surface area contributed by atoms with Crippen LogP contribution in [-0.4, -0.2) is 28.7 Å². The van der Waals surface area contributed by atoms with Gasteiger partial charge in [0.25, 0.3) is 5.69 Å². The molecule has 10 nitrogen and oxygen atoms in total. The number of nitro benzene ring substituents is 1. The lowest BCUT2D eigenvalue weighted by molar-refractivity contribution is -0.383. The van der Waals surface area contributed by atoms with E-state index < -0.39 is 22.8 Å². The number of thiazole rings is 1. The fourth-order valence-corrected chi connectivity index (χ4v) is 3.35. The monoisotopic (exact) mass is 456 g/mol. The van der Waals surface area contributed by atoms with Gasteiger partial charge in [0.05, 0.1) is 23.8 Å². The first-order valence-electron chi connectivity index (χ1n) is 9.56. The average molecular weight is 456 g/mol. The van der Waals surface area contributed by atoms with E-state index in [2.05, 4.69) is 10.3 Å². The molecular weight excluding hydrogens is 436 g/mol. The summed E-state index contributed by atoms with van der Waals surface area (Å²) in [5.74, 6) is 0. The molecule has 0 saturated heterocycles. The fourth-order valence-electron chi connectivity index (χ4n) is 2.75. The Bertz CT molecular complexity index is 1080. The average Bonchev–Trinajstić information content (AvgIpc) is 3.30. The quantitative estimate of drug-likeness (QED) is 0.375. The highest BCUT2D eigenvalue weighted by Crippen LogP contribution is 2.31. The van der Waals surface area contributed by atoms with E-state index in [0.717, 1.165) is 5.56 Å². The van der Waals surface area contributed by atoms with E-state index in [1.807, 2.05) is 30.3 Å². The van der Waals surface area contributed by atoms with Crippen LogP contribution in [0.4, 0.5) is 26.7 Å². The lowest BCUT2D eigenvalue weighted by atomic mass is 10.2. The highest BCUT2D eigenvalue weighted by molar-refractivity contribution is 7.09. The molecule has 1 N–H and O–H groups in total. The van der Waals surface area contributed by atoms with Crippen LogP contribution in [0.5, 0.6) is 0 Å². The Morgan fingerprint density at radius 3 is 2.62 bits per heavy atom. The van der Waals surface area contributed by atoms with Gasteiger partial charge in [-0.15, -0.1) is 11.3 Å². The summed E-state index contributed by atoms with van der Waals surface area (Å²) in [6, 6.07) is 13.2. The Kier molecular flexibility index (Phi) is 7.70. The molecule has 2 aromatic carbocycles. The molecule has 32 heavy (non-hydrogen) atoms. The molecule has 166 valence electrons. The van der Waals surface area contributed by atoms with Crippen molar-refractivity contribution in [2.75, 3.05) is 16.8 Å². The van der Waals surface area contributed by atoms with Crippen molar-refractivity contribution in [2.24, 2.45) is 0 Å². The minimum Gasteiger partial charge on any atom is -0.450 e.